The number of aromatic carboxylic acids is 1. The average Bonchev–Trinajstić information content (AvgIpc) is 3.57. The Kier molecular flexibility index (Phi) is 5.16. The van der Waals surface area contributed by atoms with E-state index in [1.165, 1.54) is 31.4 Å². The van der Waals surface area contributed by atoms with E-state index in [1.807, 2.05) is 13.0 Å². The monoisotopic (exact) mass is 483 g/mol. The number of carboxylic acid groups (broad SMARTS) is 1. The summed E-state index contributed by atoms with van der Waals surface area (Å²) in [6.45, 7) is 1.87. The van der Waals surface area contributed by atoms with E-state index in [4.69, 9.17) is 4.74 Å². The molecule has 182 valence electrons. The van der Waals surface area contributed by atoms with Gasteiger partial charge in [-0.05, 0) is 78.9 Å². The van der Waals surface area contributed by atoms with Crippen molar-refractivity contribution >= 4 is 17.6 Å². The number of rotatable bonds is 6. The molecule has 0 unspecified atom stereocenters. The zero-order valence-corrected chi connectivity index (χ0v) is 18.9. The summed E-state index contributed by atoms with van der Waals surface area (Å²) in [7, 11) is 1.50. The number of halogens is 2. The minimum atomic E-state index is -3.72. The van der Waals surface area contributed by atoms with Crippen molar-refractivity contribution in [3.05, 3.63) is 71.3 Å². The second kappa shape index (κ2) is 7.97. The number of aryl methyl sites for hydroxylation is 1. The highest BCUT2D eigenvalue weighted by Gasteiger charge is 2.52. The van der Waals surface area contributed by atoms with Crippen molar-refractivity contribution in [2.45, 2.75) is 31.5 Å². The van der Waals surface area contributed by atoms with Gasteiger partial charge in [0.05, 0.1) is 18.1 Å². The normalized spacial score (nSPS) is 16.5. The van der Waals surface area contributed by atoms with Crippen LogP contribution in [0, 0.1) is 6.92 Å². The van der Waals surface area contributed by atoms with Crippen LogP contribution in [0.15, 0.2) is 54.6 Å². The average molecular weight is 483 g/mol. The molecule has 0 radical (unpaired) electrons. The molecule has 3 aromatic carbocycles. The Morgan fingerprint density at radius 2 is 1.74 bits per heavy atom. The highest BCUT2D eigenvalue weighted by atomic mass is 19.3. The van der Waals surface area contributed by atoms with Gasteiger partial charge in [-0.15, -0.1) is 8.78 Å². The number of benzene rings is 3. The molecular formula is C26H23F2NO6. The molecule has 0 aromatic heterocycles. The molecular weight excluding hydrogens is 460 g/mol. The summed E-state index contributed by atoms with van der Waals surface area (Å²) in [6, 6.07) is 14.3. The van der Waals surface area contributed by atoms with E-state index in [0.29, 0.717) is 41.0 Å². The number of alkyl halides is 2. The molecule has 1 saturated carbocycles. The van der Waals surface area contributed by atoms with Crippen LogP contribution >= 0.6 is 0 Å². The molecule has 35 heavy (non-hydrogen) atoms. The Morgan fingerprint density at radius 1 is 1.00 bits per heavy atom. The number of anilines is 1. The van der Waals surface area contributed by atoms with Gasteiger partial charge in [0.15, 0.2) is 11.5 Å². The molecule has 1 aliphatic carbocycles. The van der Waals surface area contributed by atoms with Gasteiger partial charge in [0.2, 0.25) is 5.91 Å². The lowest BCUT2D eigenvalue weighted by Crippen LogP contribution is -2.28. The predicted molar refractivity (Wildman–Crippen MR) is 124 cm³/mol. The maximum absolute atomic E-state index is 13.4. The summed E-state index contributed by atoms with van der Waals surface area (Å²) in [4.78, 5) is 24.8. The van der Waals surface area contributed by atoms with E-state index in [1.54, 1.807) is 24.3 Å². The highest BCUT2D eigenvalue weighted by Crippen LogP contribution is 2.52. The van der Waals surface area contributed by atoms with Crippen LogP contribution in [-0.4, -0.2) is 30.4 Å². The Labute approximate surface area is 200 Å². The molecule has 2 N–H and O–H groups in total. The number of hydrogen-bond donors (Lipinski definition) is 2. The molecule has 5 rings (SSSR count). The van der Waals surface area contributed by atoms with Crippen molar-refractivity contribution in [2.75, 3.05) is 12.4 Å². The summed E-state index contributed by atoms with van der Waals surface area (Å²) in [5, 5.41) is 12.3. The lowest BCUT2D eigenvalue weighted by atomic mass is 9.94. The van der Waals surface area contributed by atoms with Crippen LogP contribution in [-0.2, 0) is 10.2 Å². The third-order valence-electron chi connectivity index (χ3n) is 6.37. The topological polar surface area (TPSA) is 94.1 Å². The first kappa shape index (κ1) is 22.6. The minimum Gasteiger partial charge on any atom is -0.496 e. The van der Waals surface area contributed by atoms with Gasteiger partial charge in [-0.3, -0.25) is 4.79 Å². The zero-order chi connectivity index (χ0) is 25.0. The van der Waals surface area contributed by atoms with E-state index in [-0.39, 0.29) is 24.4 Å². The fourth-order valence-electron chi connectivity index (χ4n) is 4.31. The van der Waals surface area contributed by atoms with Crippen LogP contribution in [0.5, 0.6) is 17.2 Å². The second-order valence-electron chi connectivity index (χ2n) is 8.62. The molecule has 1 aliphatic heterocycles. The van der Waals surface area contributed by atoms with Crippen molar-refractivity contribution in [3.63, 3.8) is 0 Å². The number of amides is 1. The fraction of sp³-hybridized carbons (Fsp3) is 0.231. The van der Waals surface area contributed by atoms with Gasteiger partial charge < -0.3 is 24.6 Å². The minimum absolute atomic E-state index is 0. The molecule has 0 atom stereocenters. The van der Waals surface area contributed by atoms with Gasteiger partial charge in [-0.25, -0.2) is 4.79 Å². The summed E-state index contributed by atoms with van der Waals surface area (Å²) < 4.78 is 41.2. The first-order valence-electron chi connectivity index (χ1n) is 10.9. The summed E-state index contributed by atoms with van der Waals surface area (Å²) in [5.41, 5.74) is 2.48. The maximum atomic E-state index is 13.4. The van der Waals surface area contributed by atoms with E-state index in [2.05, 4.69) is 14.8 Å². The third-order valence-corrected chi connectivity index (χ3v) is 6.37. The number of fused-ring (bicyclic) bond motifs is 1. The predicted octanol–water partition coefficient (Wildman–Crippen LogP) is 5.61. The number of carbonyl (C=O) groups excluding carboxylic acids is 1. The first-order valence-corrected chi connectivity index (χ1v) is 10.9. The van der Waals surface area contributed by atoms with Gasteiger partial charge >= 0.3 is 12.3 Å². The largest absolute Gasteiger partial charge is 0.586 e. The Bertz CT molecular complexity index is 1370. The smallest absolute Gasteiger partial charge is 0.496 e. The van der Waals surface area contributed by atoms with Gasteiger partial charge in [-0.1, -0.05) is 12.1 Å². The molecule has 9 heteroatoms. The molecule has 0 saturated heterocycles. The van der Waals surface area contributed by atoms with Crippen LogP contribution in [0.2, 0.25) is 0 Å². The lowest BCUT2D eigenvalue weighted by molar-refractivity contribution is -0.286. The summed E-state index contributed by atoms with van der Waals surface area (Å²) in [5.74, 6) is -1.01. The van der Waals surface area contributed by atoms with Crippen molar-refractivity contribution in [1.82, 2.24) is 0 Å². The highest BCUT2D eigenvalue weighted by molar-refractivity contribution is 6.02. The Balaban J connectivity index is 0.00000304. The van der Waals surface area contributed by atoms with E-state index in [9.17, 15) is 23.5 Å². The van der Waals surface area contributed by atoms with Crippen LogP contribution in [0.1, 0.15) is 35.8 Å². The molecule has 2 aliphatic rings. The lowest BCUT2D eigenvalue weighted by Gasteiger charge is -2.18. The molecule has 1 fully saturated rings. The standard InChI is InChI=1S/C26H21F2NO6.H2/c1-14-3-6-17(13-18(14)19-11-15(23(30)31)4-7-20(19)33-2)29-24(32)25(9-10-25)16-5-8-21-22(12-16)35-26(27,28)34-21;/h3-8,11-13H,9-10H2,1-2H3,(H,29,32)(H,30,31);1H. The first-order chi connectivity index (χ1) is 16.6. The molecule has 0 bridgehead atoms. The van der Waals surface area contributed by atoms with Crippen LogP contribution < -0.4 is 19.5 Å². The SMILES string of the molecule is COc1ccc(C(=O)O)cc1-c1cc(NC(=O)C2(c3ccc4c(c3)OC(F)(F)O4)CC2)ccc1C.[HH]. The molecule has 7 nitrogen and oxygen atoms in total. The van der Waals surface area contributed by atoms with Crippen molar-refractivity contribution < 1.29 is 39.1 Å². The van der Waals surface area contributed by atoms with E-state index >= 15 is 0 Å². The number of hydrogen-bond acceptors (Lipinski definition) is 5. The molecule has 3 aromatic rings. The number of carbonyl (C=O) groups is 2. The van der Waals surface area contributed by atoms with Gasteiger partial charge in [0.1, 0.15) is 5.75 Å². The second-order valence-corrected chi connectivity index (χ2v) is 8.62. The number of carboxylic acids is 1. The fourth-order valence-corrected chi connectivity index (χ4v) is 4.31. The third kappa shape index (κ3) is 4.03. The number of methoxy groups -OCH3 is 1. The maximum Gasteiger partial charge on any atom is 0.586 e. The molecule has 1 amide bonds. The van der Waals surface area contributed by atoms with Crippen LogP contribution in [0.4, 0.5) is 14.5 Å². The van der Waals surface area contributed by atoms with Gasteiger partial charge in [0.25, 0.3) is 0 Å². The summed E-state index contributed by atoms with van der Waals surface area (Å²) >= 11 is 0. The number of nitrogens with one attached hydrogen (secondary N) is 1. The van der Waals surface area contributed by atoms with Crippen molar-refractivity contribution in [2.24, 2.45) is 0 Å². The van der Waals surface area contributed by atoms with E-state index in [0.717, 1.165) is 5.56 Å². The molecule has 1 heterocycles. The van der Waals surface area contributed by atoms with Crippen LogP contribution in [0.25, 0.3) is 11.1 Å². The Morgan fingerprint density at radius 3 is 2.43 bits per heavy atom. The number of ether oxygens (including phenoxy) is 3. The van der Waals surface area contributed by atoms with Crippen LogP contribution in [0.3, 0.4) is 0 Å². The van der Waals surface area contributed by atoms with Gasteiger partial charge in [0, 0.05) is 12.7 Å². The summed E-state index contributed by atoms with van der Waals surface area (Å²) in [6.07, 6.45) is -2.61. The Hall–Kier alpha value is -4.14. The van der Waals surface area contributed by atoms with Crippen molar-refractivity contribution in [3.8, 4) is 28.4 Å². The quantitative estimate of drug-likeness (QED) is 0.474. The van der Waals surface area contributed by atoms with E-state index < -0.39 is 17.7 Å². The van der Waals surface area contributed by atoms with Crippen molar-refractivity contribution in [1.29, 1.82) is 0 Å². The van der Waals surface area contributed by atoms with Gasteiger partial charge in [-0.2, -0.15) is 0 Å². The zero-order valence-electron chi connectivity index (χ0n) is 18.9. The molecule has 0 spiro atoms.